The van der Waals surface area contributed by atoms with Gasteiger partial charge >= 0.3 is 0 Å². The third-order valence-electron chi connectivity index (χ3n) is 2.53. The number of hydrazone groups is 1. The van der Waals surface area contributed by atoms with Gasteiger partial charge in [0.2, 0.25) is 0 Å². The molecule has 1 amide bonds. The molecule has 0 unspecified atom stereocenters. The van der Waals surface area contributed by atoms with E-state index in [1.165, 1.54) is 0 Å². The molecule has 104 valence electrons. The molecule has 1 rings (SSSR count). The Morgan fingerprint density at radius 1 is 1.37 bits per heavy atom. The van der Waals surface area contributed by atoms with E-state index in [0.29, 0.717) is 5.92 Å². The summed E-state index contributed by atoms with van der Waals surface area (Å²) in [6, 6.07) is 7.60. The maximum atomic E-state index is 11.6. The lowest BCUT2D eigenvalue weighted by atomic mass is 10.1. The largest absolute Gasteiger partial charge is 0.483 e. The second-order valence-corrected chi connectivity index (χ2v) is 5.03. The smallest absolute Gasteiger partial charge is 0.277 e. The van der Waals surface area contributed by atoms with Crippen molar-refractivity contribution in [2.24, 2.45) is 11.0 Å². The van der Waals surface area contributed by atoms with Crippen LogP contribution in [0.5, 0.6) is 5.75 Å². The molecule has 0 aliphatic carbocycles. The fraction of sp³-hybridized carbons (Fsp3) is 0.467. The van der Waals surface area contributed by atoms with Gasteiger partial charge < -0.3 is 4.74 Å². The molecule has 1 aromatic rings. The molecule has 0 aliphatic rings. The zero-order chi connectivity index (χ0) is 14.3. The van der Waals surface area contributed by atoms with Crippen molar-refractivity contribution in [2.75, 3.05) is 6.61 Å². The first-order valence-electron chi connectivity index (χ1n) is 6.49. The van der Waals surface area contributed by atoms with Crippen molar-refractivity contribution in [3.8, 4) is 5.75 Å². The fourth-order valence-corrected chi connectivity index (χ4v) is 1.69. The van der Waals surface area contributed by atoms with E-state index in [2.05, 4.69) is 24.4 Å². The van der Waals surface area contributed by atoms with E-state index in [1.54, 1.807) is 0 Å². The van der Waals surface area contributed by atoms with Crippen LogP contribution in [0.4, 0.5) is 0 Å². The summed E-state index contributed by atoms with van der Waals surface area (Å²) in [7, 11) is 0. The summed E-state index contributed by atoms with van der Waals surface area (Å²) in [4.78, 5) is 11.6. The minimum absolute atomic E-state index is 0.0245. The Balaban J connectivity index is 2.38. The molecule has 0 radical (unpaired) electrons. The molecule has 0 fully saturated rings. The topological polar surface area (TPSA) is 50.7 Å². The monoisotopic (exact) mass is 262 g/mol. The first-order chi connectivity index (χ1) is 8.99. The van der Waals surface area contributed by atoms with E-state index in [-0.39, 0.29) is 12.5 Å². The molecule has 0 bridgehead atoms. The molecular formula is C15H22N2O2. The molecular weight excluding hydrogens is 240 g/mol. The number of nitrogens with zero attached hydrogens (tertiary/aromatic N) is 1. The number of nitrogens with one attached hydrogen (secondary N) is 1. The average Bonchev–Trinajstić information content (AvgIpc) is 2.34. The molecule has 0 saturated carbocycles. The van der Waals surface area contributed by atoms with Crippen LogP contribution in [0.2, 0.25) is 0 Å². The first kappa shape index (κ1) is 15.2. The summed E-state index contributed by atoms with van der Waals surface area (Å²) >= 11 is 0. The predicted molar refractivity (Wildman–Crippen MR) is 77.4 cm³/mol. The molecule has 0 saturated heterocycles. The zero-order valence-electron chi connectivity index (χ0n) is 12.1. The predicted octanol–water partition coefficient (Wildman–Crippen LogP) is 2.91. The van der Waals surface area contributed by atoms with Gasteiger partial charge in [0.05, 0.1) is 0 Å². The second kappa shape index (κ2) is 7.56. The molecule has 4 heteroatoms. The van der Waals surface area contributed by atoms with Crippen molar-refractivity contribution < 1.29 is 9.53 Å². The van der Waals surface area contributed by atoms with Crippen LogP contribution in [0.1, 0.15) is 32.8 Å². The molecule has 19 heavy (non-hydrogen) atoms. The van der Waals surface area contributed by atoms with Crippen LogP contribution in [-0.2, 0) is 4.79 Å². The van der Waals surface area contributed by atoms with Crippen LogP contribution >= 0.6 is 0 Å². The van der Waals surface area contributed by atoms with Crippen molar-refractivity contribution in [3.05, 3.63) is 29.8 Å². The van der Waals surface area contributed by atoms with Gasteiger partial charge in [0.15, 0.2) is 6.61 Å². The van der Waals surface area contributed by atoms with Crippen LogP contribution < -0.4 is 10.2 Å². The number of para-hydroxylation sites is 1. The van der Waals surface area contributed by atoms with Gasteiger partial charge in [0.25, 0.3) is 5.91 Å². The number of amides is 1. The van der Waals surface area contributed by atoms with E-state index in [9.17, 15) is 4.79 Å². The summed E-state index contributed by atoms with van der Waals surface area (Å²) in [5.74, 6) is 1.01. The SMILES string of the molecule is CC(CC(C)C)=NNC(=O)COc1ccccc1C. The number of hydrogen-bond donors (Lipinski definition) is 1. The minimum atomic E-state index is -0.244. The van der Waals surface area contributed by atoms with Crippen molar-refractivity contribution in [3.63, 3.8) is 0 Å². The van der Waals surface area contributed by atoms with E-state index < -0.39 is 0 Å². The second-order valence-electron chi connectivity index (χ2n) is 5.03. The standard InChI is InChI=1S/C15H22N2O2/c1-11(2)9-13(4)16-17-15(18)10-19-14-8-6-5-7-12(14)3/h5-8,11H,9-10H2,1-4H3,(H,17,18). The highest BCUT2D eigenvalue weighted by molar-refractivity contribution is 5.84. The van der Waals surface area contributed by atoms with Gasteiger partial charge in [0, 0.05) is 5.71 Å². The number of ether oxygens (including phenoxy) is 1. The van der Waals surface area contributed by atoms with E-state index in [0.717, 1.165) is 23.4 Å². The van der Waals surface area contributed by atoms with Gasteiger partial charge in [-0.1, -0.05) is 32.0 Å². The highest BCUT2D eigenvalue weighted by Crippen LogP contribution is 2.15. The number of aryl methyl sites for hydroxylation is 1. The van der Waals surface area contributed by atoms with Gasteiger partial charge in [-0.2, -0.15) is 5.10 Å². The average molecular weight is 262 g/mol. The van der Waals surface area contributed by atoms with Crippen molar-refractivity contribution in [1.29, 1.82) is 0 Å². The van der Waals surface area contributed by atoms with E-state index in [4.69, 9.17) is 4.74 Å². The van der Waals surface area contributed by atoms with Crippen molar-refractivity contribution >= 4 is 11.6 Å². The summed E-state index contributed by atoms with van der Waals surface area (Å²) in [6.07, 6.45) is 0.874. The van der Waals surface area contributed by atoms with E-state index in [1.807, 2.05) is 38.1 Å². The number of rotatable bonds is 6. The molecule has 4 nitrogen and oxygen atoms in total. The van der Waals surface area contributed by atoms with Crippen molar-refractivity contribution in [1.82, 2.24) is 5.43 Å². The lowest BCUT2D eigenvalue weighted by molar-refractivity contribution is -0.123. The van der Waals surface area contributed by atoms with Crippen molar-refractivity contribution in [2.45, 2.75) is 34.1 Å². The zero-order valence-corrected chi connectivity index (χ0v) is 12.1. The molecule has 0 spiro atoms. The van der Waals surface area contributed by atoms with Crippen LogP contribution in [0.3, 0.4) is 0 Å². The number of hydrogen-bond acceptors (Lipinski definition) is 3. The number of carbonyl (C=O) groups is 1. The maximum Gasteiger partial charge on any atom is 0.277 e. The van der Waals surface area contributed by atoms with Gasteiger partial charge in [0.1, 0.15) is 5.75 Å². The molecule has 1 N–H and O–H groups in total. The summed E-state index contributed by atoms with van der Waals surface area (Å²) in [5.41, 5.74) is 4.43. The van der Waals surface area contributed by atoms with Crippen LogP contribution in [0, 0.1) is 12.8 Å². The first-order valence-corrected chi connectivity index (χ1v) is 6.49. The van der Waals surface area contributed by atoms with Gasteiger partial charge in [-0.3, -0.25) is 4.79 Å². The Morgan fingerprint density at radius 3 is 2.68 bits per heavy atom. The Labute approximate surface area is 114 Å². The van der Waals surface area contributed by atoms with Crippen LogP contribution in [0.25, 0.3) is 0 Å². The third kappa shape index (κ3) is 6.04. The summed E-state index contributed by atoms with van der Waals surface area (Å²) < 4.78 is 5.43. The van der Waals surface area contributed by atoms with Gasteiger partial charge in [-0.15, -0.1) is 0 Å². The Bertz CT molecular complexity index is 453. The highest BCUT2D eigenvalue weighted by atomic mass is 16.5. The Hall–Kier alpha value is -1.84. The number of benzene rings is 1. The summed E-state index contributed by atoms with van der Waals surface area (Å²) in [5, 5.41) is 4.04. The fourth-order valence-electron chi connectivity index (χ4n) is 1.69. The third-order valence-corrected chi connectivity index (χ3v) is 2.53. The van der Waals surface area contributed by atoms with E-state index >= 15 is 0 Å². The highest BCUT2D eigenvalue weighted by Gasteiger charge is 2.04. The molecule has 1 aromatic carbocycles. The molecule has 0 atom stereocenters. The summed E-state index contributed by atoms with van der Waals surface area (Å²) in [6.45, 7) is 8.05. The molecule has 0 aliphatic heterocycles. The maximum absolute atomic E-state index is 11.6. The molecule has 0 aromatic heterocycles. The lowest BCUT2D eigenvalue weighted by Gasteiger charge is -2.08. The van der Waals surface area contributed by atoms with Crippen LogP contribution in [-0.4, -0.2) is 18.2 Å². The van der Waals surface area contributed by atoms with Gasteiger partial charge in [-0.25, -0.2) is 5.43 Å². The lowest BCUT2D eigenvalue weighted by Crippen LogP contribution is -2.25. The Kier molecular flexibility index (Phi) is 6.06. The number of carbonyl (C=O) groups excluding carboxylic acids is 1. The Morgan fingerprint density at radius 2 is 2.05 bits per heavy atom. The van der Waals surface area contributed by atoms with Crippen LogP contribution in [0.15, 0.2) is 29.4 Å². The molecule has 0 heterocycles. The normalized spacial score (nSPS) is 11.5. The van der Waals surface area contributed by atoms with Gasteiger partial charge in [-0.05, 0) is 37.8 Å². The minimum Gasteiger partial charge on any atom is -0.483 e. The quantitative estimate of drug-likeness (QED) is 0.633.